The summed E-state index contributed by atoms with van der Waals surface area (Å²) >= 11 is 0. The van der Waals surface area contributed by atoms with Crippen molar-refractivity contribution in [1.82, 2.24) is 9.80 Å². The lowest BCUT2D eigenvalue weighted by molar-refractivity contribution is -0.137. The molecule has 2 aliphatic heterocycles. The molecule has 4 heteroatoms. The van der Waals surface area contributed by atoms with Crippen molar-refractivity contribution in [2.75, 3.05) is 19.6 Å². The van der Waals surface area contributed by atoms with Crippen LogP contribution in [0.3, 0.4) is 0 Å². The average Bonchev–Trinajstić information content (AvgIpc) is 2.99. The van der Waals surface area contributed by atoms with Gasteiger partial charge in [-0.15, -0.1) is 0 Å². The molecule has 0 bridgehead atoms. The molecule has 0 N–H and O–H groups in total. The molecule has 0 spiro atoms. The van der Waals surface area contributed by atoms with E-state index in [9.17, 15) is 9.59 Å². The van der Waals surface area contributed by atoms with Gasteiger partial charge in [-0.2, -0.15) is 0 Å². The van der Waals surface area contributed by atoms with Crippen LogP contribution in [-0.2, 0) is 16.0 Å². The van der Waals surface area contributed by atoms with Crippen LogP contribution in [0, 0.1) is 19.8 Å². The van der Waals surface area contributed by atoms with E-state index in [0.29, 0.717) is 30.2 Å². The highest BCUT2D eigenvalue weighted by Crippen LogP contribution is 2.34. The number of carbonyl (C=O) groups excluding carboxylic acids is 2. The lowest BCUT2D eigenvalue weighted by Gasteiger charge is -2.33. The van der Waals surface area contributed by atoms with E-state index in [0.717, 1.165) is 36.2 Å². The van der Waals surface area contributed by atoms with E-state index in [4.69, 9.17) is 0 Å². The molecule has 0 saturated carbocycles. The summed E-state index contributed by atoms with van der Waals surface area (Å²) in [6.07, 6.45) is 2.89. The standard InChI is InChI=1S/C26H30N2O2/c1-18-8-7-14-27(17-18)24-23(22-12-11-19(2)20(3)16-22)25(29)28(26(24)30)15-13-21-9-5-4-6-10-21/h4-6,9-12,16,18H,7-8,13-15,17H2,1-3H3. The molecule has 4 rings (SSSR count). The second-order valence-electron chi connectivity index (χ2n) is 8.71. The molecule has 2 heterocycles. The minimum Gasteiger partial charge on any atom is -0.366 e. The normalized spacial score (nSPS) is 19.8. The zero-order valence-electron chi connectivity index (χ0n) is 18.1. The van der Waals surface area contributed by atoms with Crippen LogP contribution in [0.2, 0.25) is 0 Å². The topological polar surface area (TPSA) is 40.6 Å². The van der Waals surface area contributed by atoms with Gasteiger partial charge in [0.15, 0.2) is 0 Å². The number of amides is 2. The fourth-order valence-corrected chi connectivity index (χ4v) is 4.49. The van der Waals surface area contributed by atoms with E-state index in [1.54, 1.807) is 0 Å². The summed E-state index contributed by atoms with van der Waals surface area (Å²) in [7, 11) is 0. The van der Waals surface area contributed by atoms with Crippen molar-refractivity contribution in [2.24, 2.45) is 5.92 Å². The molecule has 2 aromatic carbocycles. The fraction of sp³-hybridized carbons (Fsp3) is 0.385. The van der Waals surface area contributed by atoms with Gasteiger partial charge >= 0.3 is 0 Å². The minimum atomic E-state index is -0.160. The van der Waals surface area contributed by atoms with E-state index in [-0.39, 0.29) is 11.8 Å². The second kappa shape index (κ2) is 8.47. The zero-order chi connectivity index (χ0) is 21.3. The molecule has 2 aromatic rings. The smallest absolute Gasteiger partial charge is 0.277 e. The molecule has 2 amide bonds. The van der Waals surface area contributed by atoms with Gasteiger partial charge in [0.05, 0.1) is 5.57 Å². The number of hydrogen-bond acceptors (Lipinski definition) is 3. The summed E-state index contributed by atoms with van der Waals surface area (Å²) in [5.41, 5.74) is 5.48. The van der Waals surface area contributed by atoms with Crippen molar-refractivity contribution in [3.05, 3.63) is 76.5 Å². The highest BCUT2D eigenvalue weighted by atomic mass is 16.2. The molecule has 1 fully saturated rings. The first-order valence-electron chi connectivity index (χ1n) is 10.9. The van der Waals surface area contributed by atoms with Crippen LogP contribution in [-0.4, -0.2) is 41.2 Å². The first-order valence-corrected chi connectivity index (χ1v) is 10.9. The predicted molar refractivity (Wildman–Crippen MR) is 120 cm³/mol. The fourth-order valence-electron chi connectivity index (χ4n) is 4.49. The lowest BCUT2D eigenvalue weighted by atomic mass is 9.96. The van der Waals surface area contributed by atoms with E-state index >= 15 is 0 Å². The number of carbonyl (C=O) groups is 2. The first-order chi connectivity index (χ1) is 14.5. The minimum absolute atomic E-state index is 0.141. The summed E-state index contributed by atoms with van der Waals surface area (Å²) in [5.74, 6) is 0.221. The molecule has 1 saturated heterocycles. The zero-order valence-corrected chi connectivity index (χ0v) is 18.1. The van der Waals surface area contributed by atoms with Gasteiger partial charge in [0.2, 0.25) is 0 Å². The maximum Gasteiger partial charge on any atom is 0.277 e. The van der Waals surface area contributed by atoms with Gasteiger partial charge in [0.1, 0.15) is 5.70 Å². The van der Waals surface area contributed by atoms with Crippen LogP contribution in [0.4, 0.5) is 0 Å². The molecule has 0 radical (unpaired) electrons. The van der Waals surface area contributed by atoms with Crippen LogP contribution in [0.15, 0.2) is 54.2 Å². The Hall–Kier alpha value is -2.88. The number of imide groups is 1. The molecule has 156 valence electrons. The number of rotatable bonds is 5. The number of likely N-dealkylation sites (tertiary alicyclic amines) is 1. The number of hydrogen-bond donors (Lipinski definition) is 0. The molecule has 2 aliphatic rings. The van der Waals surface area contributed by atoms with E-state index in [1.165, 1.54) is 16.9 Å². The van der Waals surface area contributed by atoms with Gasteiger partial charge in [0.25, 0.3) is 11.8 Å². The highest BCUT2D eigenvalue weighted by molar-refractivity contribution is 6.35. The number of piperidine rings is 1. The first kappa shape index (κ1) is 20.4. The third-order valence-corrected chi connectivity index (χ3v) is 6.38. The quantitative estimate of drug-likeness (QED) is 0.698. The Labute approximate surface area is 179 Å². The number of nitrogens with zero attached hydrogens (tertiary/aromatic N) is 2. The molecule has 1 atom stereocenters. The summed E-state index contributed by atoms with van der Waals surface area (Å²) in [5, 5.41) is 0. The maximum absolute atomic E-state index is 13.5. The van der Waals surface area contributed by atoms with Crippen molar-refractivity contribution in [3.63, 3.8) is 0 Å². The third-order valence-electron chi connectivity index (χ3n) is 6.38. The van der Waals surface area contributed by atoms with Crippen molar-refractivity contribution in [3.8, 4) is 0 Å². The van der Waals surface area contributed by atoms with Crippen molar-refractivity contribution in [2.45, 2.75) is 40.0 Å². The van der Waals surface area contributed by atoms with Crippen LogP contribution in [0.1, 0.15) is 42.0 Å². The molecular formula is C26H30N2O2. The highest BCUT2D eigenvalue weighted by Gasteiger charge is 2.42. The molecule has 4 nitrogen and oxygen atoms in total. The Morgan fingerprint density at radius 1 is 0.967 bits per heavy atom. The summed E-state index contributed by atoms with van der Waals surface area (Å²) in [6.45, 7) is 8.40. The Kier molecular flexibility index (Phi) is 5.76. The monoisotopic (exact) mass is 402 g/mol. The molecule has 0 aromatic heterocycles. The molecular weight excluding hydrogens is 372 g/mol. The van der Waals surface area contributed by atoms with Crippen LogP contribution >= 0.6 is 0 Å². The SMILES string of the molecule is Cc1ccc(C2=C(N3CCCC(C)C3)C(=O)N(CCc3ccccc3)C2=O)cc1C. The Morgan fingerprint density at radius 3 is 2.43 bits per heavy atom. The summed E-state index contributed by atoms with van der Waals surface area (Å²) in [4.78, 5) is 30.6. The second-order valence-corrected chi connectivity index (χ2v) is 8.71. The Morgan fingerprint density at radius 2 is 1.73 bits per heavy atom. The van der Waals surface area contributed by atoms with Gasteiger partial charge in [0, 0.05) is 19.6 Å². The number of aryl methyl sites for hydroxylation is 2. The van der Waals surface area contributed by atoms with Crippen molar-refractivity contribution < 1.29 is 9.59 Å². The summed E-state index contributed by atoms with van der Waals surface area (Å²) < 4.78 is 0. The Balaban J connectivity index is 1.69. The summed E-state index contributed by atoms with van der Waals surface area (Å²) in [6, 6.07) is 16.1. The largest absolute Gasteiger partial charge is 0.366 e. The van der Waals surface area contributed by atoms with Gasteiger partial charge in [-0.1, -0.05) is 55.5 Å². The van der Waals surface area contributed by atoms with Crippen molar-refractivity contribution in [1.29, 1.82) is 0 Å². The van der Waals surface area contributed by atoms with Crippen LogP contribution < -0.4 is 0 Å². The lowest BCUT2D eigenvalue weighted by Crippen LogP contribution is -2.39. The van der Waals surface area contributed by atoms with Crippen molar-refractivity contribution >= 4 is 17.4 Å². The number of benzene rings is 2. The van der Waals surface area contributed by atoms with Crippen LogP contribution in [0.25, 0.3) is 5.57 Å². The molecule has 0 aliphatic carbocycles. The molecule has 30 heavy (non-hydrogen) atoms. The maximum atomic E-state index is 13.5. The van der Waals surface area contributed by atoms with E-state index in [2.05, 4.69) is 25.7 Å². The third kappa shape index (κ3) is 3.91. The van der Waals surface area contributed by atoms with E-state index in [1.807, 2.05) is 48.5 Å². The average molecular weight is 403 g/mol. The predicted octanol–water partition coefficient (Wildman–Crippen LogP) is 4.36. The van der Waals surface area contributed by atoms with Crippen LogP contribution in [0.5, 0.6) is 0 Å². The molecule has 1 unspecified atom stereocenters. The van der Waals surface area contributed by atoms with Gasteiger partial charge < -0.3 is 4.90 Å². The van der Waals surface area contributed by atoms with Gasteiger partial charge in [-0.25, -0.2) is 0 Å². The Bertz CT molecular complexity index is 993. The van der Waals surface area contributed by atoms with Gasteiger partial charge in [-0.3, -0.25) is 14.5 Å². The van der Waals surface area contributed by atoms with E-state index < -0.39 is 0 Å². The van der Waals surface area contributed by atoms with Gasteiger partial charge in [-0.05, 0) is 61.3 Å².